The molecule has 0 atom stereocenters. The van der Waals surface area contributed by atoms with Crippen LogP contribution in [-0.2, 0) is 10.2 Å². The highest BCUT2D eigenvalue weighted by Gasteiger charge is 2.28. The van der Waals surface area contributed by atoms with Gasteiger partial charge in [-0.15, -0.1) is 0 Å². The lowest BCUT2D eigenvalue weighted by Crippen LogP contribution is -2.40. The van der Waals surface area contributed by atoms with Gasteiger partial charge in [0.1, 0.15) is 0 Å². The third-order valence-electron chi connectivity index (χ3n) is 2.32. The van der Waals surface area contributed by atoms with Gasteiger partial charge in [-0.3, -0.25) is 0 Å². The molecule has 0 radical (unpaired) electrons. The summed E-state index contributed by atoms with van der Waals surface area (Å²) in [5.74, 6) is 0. The largest absolute Gasteiger partial charge is 0.281 e. The van der Waals surface area contributed by atoms with Crippen LogP contribution in [-0.4, -0.2) is 43.7 Å². The average molecular weight is 217 g/mol. The van der Waals surface area contributed by atoms with Gasteiger partial charge in [0.15, 0.2) is 0 Å². The van der Waals surface area contributed by atoms with Gasteiger partial charge in [0.05, 0.1) is 6.07 Å². The van der Waals surface area contributed by atoms with E-state index in [1.165, 1.54) is 15.7 Å². The summed E-state index contributed by atoms with van der Waals surface area (Å²) in [5, 5.41) is 8.36. The molecule has 0 unspecified atom stereocenters. The van der Waals surface area contributed by atoms with Gasteiger partial charge in [-0.05, 0) is 12.8 Å². The van der Waals surface area contributed by atoms with E-state index in [4.69, 9.17) is 5.26 Å². The summed E-state index contributed by atoms with van der Waals surface area (Å²) >= 11 is 0. The van der Waals surface area contributed by atoms with E-state index in [0.29, 0.717) is 13.1 Å². The molecule has 0 amide bonds. The van der Waals surface area contributed by atoms with Crippen LogP contribution in [0.4, 0.5) is 0 Å². The van der Waals surface area contributed by atoms with Gasteiger partial charge in [-0.2, -0.15) is 22.3 Å². The van der Waals surface area contributed by atoms with Gasteiger partial charge >= 0.3 is 0 Å². The number of hydrogen-bond acceptors (Lipinski definition) is 3. The normalized spacial score (nSPS) is 18.6. The first-order valence-corrected chi connectivity index (χ1v) is 6.07. The van der Waals surface area contributed by atoms with Gasteiger partial charge in [0.2, 0.25) is 0 Å². The van der Waals surface area contributed by atoms with Crippen LogP contribution in [0.2, 0.25) is 0 Å². The molecule has 6 heteroatoms. The number of hydrogen-bond donors (Lipinski definition) is 0. The Morgan fingerprint density at radius 3 is 2.50 bits per heavy atom. The van der Waals surface area contributed by atoms with E-state index in [2.05, 4.69) is 0 Å². The Hall–Kier alpha value is -0.640. The molecule has 0 N–H and O–H groups in total. The van der Waals surface area contributed by atoms with Crippen LogP contribution in [0.25, 0.3) is 0 Å². The molecule has 1 aliphatic rings. The molecule has 1 saturated heterocycles. The first-order chi connectivity index (χ1) is 6.59. The molecule has 14 heavy (non-hydrogen) atoms. The maximum Gasteiger partial charge on any atom is 0.281 e. The minimum atomic E-state index is -3.30. The van der Waals surface area contributed by atoms with E-state index in [0.717, 1.165) is 12.8 Å². The zero-order valence-corrected chi connectivity index (χ0v) is 9.13. The summed E-state index contributed by atoms with van der Waals surface area (Å²) in [5.41, 5.74) is 0. The van der Waals surface area contributed by atoms with Crippen LogP contribution in [0.3, 0.4) is 0 Å². The van der Waals surface area contributed by atoms with Crippen LogP contribution in [0.5, 0.6) is 0 Å². The van der Waals surface area contributed by atoms with Crippen molar-refractivity contribution in [2.45, 2.75) is 19.3 Å². The summed E-state index contributed by atoms with van der Waals surface area (Å²) < 4.78 is 26.3. The molecule has 1 heterocycles. The second-order valence-corrected chi connectivity index (χ2v) is 5.38. The highest BCUT2D eigenvalue weighted by Crippen LogP contribution is 2.15. The van der Waals surface area contributed by atoms with Crippen molar-refractivity contribution in [3.8, 4) is 6.07 Å². The number of nitrogens with zero attached hydrogens (tertiary/aromatic N) is 3. The minimum absolute atomic E-state index is 0.240. The Balaban J connectivity index is 2.60. The average Bonchev–Trinajstić information content (AvgIpc) is 2.67. The number of nitriles is 1. The van der Waals surface area contributed by atoms with Crippen LogP contribution in [0.15, 0.2) is 0 Å². The molecule has 0 bridgehead atoms. The van der Waals surface area contributed by atoms with Crippen LogP contribution in [0.1, 0.15) is 19.3 Å². The smallest absolute Gasteiger partial charge is 0.198 e. The zero-order chi connectivity index (χ0) is 10.6. The number of rotatable bonds is 4. The Bertz CT molecular complexity index is 314. The molecule has 1 fully saturated rings. The minimum Gasteiger partial charge on any atom is -0.198 e. The maximum absolute atomic E-state index is 11.8. The molecule has 0 saturated carbocycles. The molecule has 1 rings (SSSR count). The van der Waals surface area contributed by atoms with Crippen molar-refractivity contribution < 1.29 is 8.42 Å². The quantitative estimate of drug-likeness (QED) is 0.674. The predicted molar refractivity (Wildman–Crippen MR) is 52.6 cm³/mol. The van der Waals surface area contributed by atoms with Crippen molar-refractivity contribution in [1.82, 2.24) is 8.61 Å². The molecule has 1 aliphatic heterocycles. The summed E-state index contributed by atoms with van der Waals surface area (Å²) in [7, 11) is -1.78. The first-order valence-electron chi connectivity index (χ1n) is 4.67. The van der Waals surface area contributed by atoms with Crippen LogP contribution < -0.4 is 0 Å². The van der Waals surface area contributed by atoms with Gasteiger partial charge < -0.3 is 0 Å². The van der Waals surface area contributed by atoms with Gasteiger partial charge in [-0.25, -0.2) is 0 Å². The second-order valence-electron chi connectivity index (χ2n) is 3.34. The SMILES string of the molecule is CN(CCC#N)S(=O)(=O)N1CCCC1. The fraction of sp³-hybridized carbons (Fsp3) is 0.875. The third kappa shape index (κ3) is 2.44. The lowest BCUT2D eigenvalue weighted by Gasteiger charge is -2.22. The van der Waals surface area contributed by atoms with Crippen molar-refractivity contribution >= 4 is 10.2 Å². The Kier molecular flexibility index (Phi) is 3.86. The van der Waals surface area contributed by atoms with Crippen molar-refractivity contribution in [1.29, 1.82) is 5.26 Å². The van der Waals surface area contributed by atoms with Crippen molar-refractivity contribution in [3.63, 3.8) is 0 Å². The lowest BCUT2D eigenvalue weighted by atomic mass is 10.4. The molecule has 5 nitrogen and oxygen atoms in total. The van der Waals surface area contributed by atoms with Crippen LogP contribution in [0, 0.1) is 11.3 Å². The molecule has 0 aromatic rings. The fourth-order valence-electron chi connectivity index (χ4n) is 1.44. The lowest BCUT2D eigenvalue weighted by molar-refractivity contribution is 0.398. The van der Waals surface area contributed by atoms with Crippen molar-refractivity contribution in [2.75, 3.05) is 26.7 Å². The topological polar surface area (TPSA) is 64.4 Å². The molecular weight excluding hydrogens is 202 g/mol. The summed E-state index contributed by atoms with van der Waals surface area (Å²) in [6.07, 6.45) is 2.11. The predicted octanol–water partition coefficient (Wildman–Crippen LogP) is 0.172. The maximum atomic E-state index is 11.8. The third-order valence-corrected chi connectivity index (χ3v) is 4.31. The van der Waals surface area contributed by atoms with E-state index >= 15 is 0 Å². The van der Waals surface area contributed by atoms with E-state index in [-0.39, 0.29) is 13.0 Å². The van der Waals surface area contributed by atoms with E-state index < -0.39 is 10.2 Å². The monoisotopic (exact) mass is 217 g/mol. The Labute approximate surface area is 85.1 Å². The summed E-state index contributed by atoms with van der Waals surface area (Å²) in [6, 6.07) is 1.94. The molecule has 0 aromatic heterocycles. The molecule has 80 valence electrons. The van der Waals surface area contributed by atoms with Gasteiger partial charge in [0.25, 0.3) is 10.2 Å². The van der Waals surface area contributed by atoms with Gasteiger partial charge in [-0.1, -0.05) is 0 Å². The summed E-state index contributed by atoms with van der Waals surface area (Å²) in [4.78, 5) is 0. The molecule has 0 aliphatic carbocycles. The highest BCUT2D eigenvalue weighted by molar-refractivity contribution is 7.86. The standard InChI is InChI=1S/C8H15N3O2S/c1-10(6-4-5-9)14(12,13)11-7-2-3-8-11/h2-4,6-8H2,1H3. The van der Waals surface area contributed by atoms with Gasteiger partial charge in [0, 0.05) is 33.1 Å². The fourth-order valence-corrected chi connectivity index (χ4v) is 2.87. The van der Waals surface area contributed by atoms with E-state index in [1.54, 1.807) is 0 Å². The van der Waals surface area contributed by atoms with Crippen LogP contribution >= 0.6 is 0 Å². The first kappa shape index (κ1) is 11.4. The molecular formula is C8H15N3O2S. The second kappa shape index (κ2) is 4.73. The molecule has 0 aromatic carbocycles. The Morgan fingerprint density at radius 2 is 2.00 bits per heavy atom. The molecule has 0 spiro atoms. The van der Waals surface area contributed by atoms with Crippen molar-refractivity contribution in [3.05, 3.63) is 0 Å². The van der Waals surface area contributed by atoms with E-state index in [9.17, 15) is 8.42 Å². The summed E-state index contributed by atoms with van der Waals surface area (Å²) in [6.45, 7) is 1.49. The van der Waals surface area contributed by atoms with E-state index in [1.807, 2.05) is 6.07 Å². The highest BCUT2D eigenvalue weighted by atomic mass is 32.2. The Morgan fingerprint density at radius 1 is 1.43 bits per heavy atom. The van der Waals surface area contributed by atoms with Crippen molar-refractivity contribution in [2.24, 2.45) is 0 Å². The zero-order valence-electron chi connectivity index (χ0n) is 8.31.